The van der Waals surface area contributed by atoms with Crippen molar-refractivity contribution in [1.82, 2.24) is 0 Å². The summed E-state index contributed by atoms with van der Waals surface area (Å²) in [6.45, 7) is 2.27. The minimum absolute atomic E-state index is 0.129. The molecule has 0 fully saturated rings. The normalized spacial score (nSPS) is 9.86. The molecule has 1 rings (SSSR count). The van der Waals surface area contributed by atoms with Crippen molar-refractivity contribution in [1.29, 1.82) is 0 Å². The van der Waals surface area contributed by atoms with Crippen LogP contribution in [0.3, 0.4) is 0 Å². The highest BCUT2D eigenvalue weighted by molar-refractivity contribution is 9.10. The smallest absolute Gasteiger partial charge is 0.306 e. The van der Waals surface area contributed by atoms with Gasteiger partial charge in [0.25, 0.3) is 0 Å². The van der Waals surface area contributed by atoms with Crippen LogP contribution in [0.2, 0.25) is 0 Å². The summed E-state index contributed by atoms with van der Waals surface area (Å²) in [5, 5.41) is 0. The van der Waals surface area contributed by atoms with Crippen LogP contribution >= 0.6 is 15.9 Å². The van der Waals surface area contributed by atoms with Crippen LogP contribution in [0.5, 0.6) is 0 Å². The third kappa shape index (κ3) is 3.92. The third-order valence-corrected chi connectivity index (χ3v) is 2.37. The van der Waals surface area contributed by atoms with Gasteiger partial charge >= 0.3 is 5.97 Å². The van der Waals surface area contributed by atoms with E-state index in [-0.39, 0.29) is 5.97 Å². The van der Waals surface area contributed by atoms with E-state index < -0.39 is 0 Å². The SMILES string of the molecule is CCOC(=O)CCc1ccc(Br)cc1. The van der Waals surface area contributed by atoms with Crippen molar-refractivity contribution in [2.75, 3.05) is 6.61 Å². The van der Waals surface area contributed by atoms with Gasteiger partial charge in [-0.25, -0.2) is 0 Å². The fourth-order valence-electron chi connectivity index (χ4n) is 1.13. The van der Waals surface area contributed by atoms with Gasteiger partial charge in [0, 0.05) is 10.9 Å². The standard InChI is InChI=1S/C11H13BrO2/c1-2-14-11(13)8-5-9-3-6-10(12)7-4-9/h3-4,6-7H,2,5,8H2,1H3. The van der Waals surface area contributed by atoms with Crippen molar-refractivity contribution in [2.24, 2.45) is 0 Å². The van der Waals surface area contributed by atoms with Gasteiger partial charge in [-0.2, -0.15) is 0 Å². The molecule has 76 valence electrons. The molecule has 0 bridgehead atoms. The van der Waals surface area contributed by atoms with E-state index in [1.165, 1.54) is 0 Å². The van der Waals surface area contributed by atoms with Gasteiger partial charge in [0.05, 0.1) is 6.61 Å². The Bertz CT molecular complexity index is 293. The lowest BCUT2D eigenvalue weighted by Gasteiger charge is -2.01. The molecule has 1 aromatic carbocycles. The lowest BCUT2D eigenvalue weighted by molar-refractivity contribution is -0.143. The van der Waals surface area contributed by atoms with Gasteiger partial charge in [-0.1, -0.05) is 28.1 Å². The molecule has 0 N–H and O–H groups in total. The van der Waals surface area contributed by atoms with Gasteiger partial charge in [-0.3, -0.25) is 4.79 Å². The van der Waals surface area contributed by atoms with E-state index in [2.05, 4.69) is 15.9 Å². The fraction of sp³-hybridized carbons (Fsp3) is 0.364. The van der Waals surface area contributed by atoms with Gasteiger partial charge < -0.3 is 4.74 Å². The number of ether oxygens (including phenoxy) is 1. The second kappa shape index (κ2) is 5.81. The first-order chi connectivity index (χ1) is 6.72. The van der Waals surface area contributed by atoms with Gasteiger partial charge in [-0.05, 0) is 31.0 Å². The number of hydrogen-bond donors (Lipinski definition) is 0. The fourth-order valence-corrected chi connectivity index (χ4v) is 1.39. The Morgan fingerprint density at radius 2 is 2.00 bits per heavy atom. The summed E-state index contributed by atoms with van der Waals surface area (Å²) in [6.07, 6.45) is 1.20. The van der Waals surface area contributed by atoms with Crippen LogP contribution in [0.25, 0.3) is 0 Å². The number of carbonyl (C=O) groups excluding carboxylic acids is 1. The molecule has 0 aliphatic carbocycles. The van der Waals surface area contributed by atoms with Gasteiger partial charge in [-0.15, -0.1) is 0 Å². The highest BCUT2D eigenvalue weighted by Gasteiger charge is 2.01. The predicted octanol–water partition coefficient (Wildman–Crippen LogP) is 2.94. The van der Waals surface area contributed by atoms with Crippen LogP contribution in [0.15, 0.2) is 28.7 Å². The largest absolute Gasteiger partial charge is 0.466 e. The molecule has 0 spiro atoms. The highest BCUT2D eigenvalue weighted by atomic mass is 79.9. The summed E-state index contributed by atoms with van der Waals surface area (Å²) in [5.41, 5.74) is 1.15. The molecule has 0 atom stereocenters. The van der Waals surface area contributed by atoms with Crippen LogP contribution < -0.4 is 0 Å². The molecule has 0 unspecified atom stereocenters. The number of esters is 1. The monoisotopic (exact) mass is 256 g/mol. The zero-order chi connectivity index (χ0) is 10.4. The Balaban J connectivity index is 2.38. The third-order valence-electron chi connectivity index (χ3n) is 1.84. The molecule has 0 aliphatic rings. The average Bonchev–Trinajstić information content (AvgIpc) is 2.17. The Morgan fingerprint density at radius 1 is 1.36 bits per heavy atom. The first-order valence-corrected chi connectivity index (χ1v) is 5.41. The van der Waals surface area contributed by atoms with Crippen molar-refractivity contribution < 1.29 is 9.53 Å². The van der Waals surface area contributed by atoms with Gasteiger partial charge in [0.2, 0.25) is 0 Å². The van der Waals surface area contributed by atoms with E-state index in [0.29, 0.717) is 13.0 Å². The summed E-state index contributed by atoms with van der Waals surface area (Å²) in [7, 11) is 0. The Labute approximate surface area is 92.4 Å². The minimum Gasteiger partial charge on any atom is -0.466 e. The molecule has 0 aliphatic heterocycles. The van der Waals surface area contributed by atoms with Crippen molar-refractivity contribution >= 4 is 21.9 Å². The maximum absolute atomic E-state index is 11.1. The second-order valence-electron chi connectivity index (χ2n) is 2.93. The molecule has 0 amide bonds. The summed E-state index contributed by atoms with van der Waals surface area (Å²) >= 11 is 3.36. The molecular formula is C11H13BrO2. The molecule has 2 nitrogen and oxygen atoms in total. The number of halogens is 1. The molecule has 0 radical (unpaired) electrons. The lowest BCUT2D eigenvalue weighted by Crippen LogP contribution is -2.04. The summed E-state index contributed by atoms with van der Waals surface area (Å²) in [5.74, 6) is -0.129. The second-order valence-corrected chi connectivity index (χ2v) is 3.85. The maximum Gasteiger partial charge on any atom is 0.306 e. The van der Waals surface area contributed by atoms with Gasteiger partial charge in [0.15, 0.2) is 0 Å². The molecule has 0 saturated carbocycles. The Hall–Kier alpha value is -0.830. The number of benzene rings is 1. The first-order valence-electron chi connectivity index (χ1n) is 4.62. The van der Waals surface area contributed by atoms with Crippen molar-refractivity contribution in [3.05, 3.63) is 34.3 Å². The molecular weight excluding hydrogens is 244 g/mol. The zero-order valence-corrected chi connectivity index (χ0v) is 9.71. The average molecular weight is 257 g/mol. The van der Waals surface area contributed by atoms with E-state index in [9.17, 15) is 4.79 Å². The van der Waals surface area contributed by atoms with Crippen LogP contribution in [0.4, 0.5) is 0 Å². The van der Waals surface area contributed by atoms with E-state index in [4.69, 9.17) is 4.74 Å². The quantitative estimate of drug-likeness (QED) is 0.775. The lowest BCUT2D eigenvalue weighted by atomic mass is 10.1. The van der Waals surface area contributed by atoms with Crippen LogP contribution in [0.1, 0.15) is 18.9 Å². The topological polar surface area (TPSA) is 26.3 Å². The predicted molar refractivity (Wildman–Crippen MR) is 59.1 cm³/mol. The molecule has 1 aromatic rings. The molecule has 0 heterocycles. The molecule has 14 heavy (non-hydrogen) atoms. The molecule has 3 heteroatoms. The zero-order valence-electron chi connectivity index (χ0n) is 8.13. The Kier molecular flexibility index (Phi) is 4.66. The van der Waals surface area contributed by atoms with E-state index in [1.54, 1.807) is 0 Å². The summed E-state index contributed by atoms with van der Waals surface area (Å²) < 4.78 is 5.89. The number of rotatable bonds is 4. The summed E-state index contributed by atoms with van der Waals surface area (Å²) in [4.78, 5) is 11.1. The molecule has 0 aromatic heterocycles. The van der Waals surface area contributed by atoms with Crippen LogP contribution in [-0.2, 0) is 16.0 Å². The van der Waals surface area contributed by atoms with Crippen molar-refractivity contribution in [2.45, 2.75) is 19.8 Å². The summed E-state index contributed by atoms with van der Waals surface area (Å²) in [6, 6.07) is 7.95. The van der Waals surface area contributed by atoms with Crippen molar-refractivity contribution in [3.63, 3.8) is 0 Å². The van der Waals surface area contributed by atoms with E-state index in [0.717, 1.165) is 16.5 Å². The van der Waals surface area contributed by atoms with Crippen LogP contribution in [-0.4, -0.2) is 12.6 Å². The van der Waals surface area contributed by atoms with E-state index >= 15 is 0 Å². The van der Waals surface area contributed by atoms with E-state index in [1.807, 2.05) is 31.2 Å². The van der Waals surface area contributed by atoms with Crippen molar-refractivity contribution in [3.8, 4) is 0 Å². The highest BCUT2D eigenvalue weighted by Crippen LogP contribution is 2.11. The number of aryl methyl sites for hydroxylation is 1. The van der Waals surface area contributed by atoms with Crippen LogP contribution in [0, 0.1) is 0 Å². The number of carbonyl (C=O) groups is 1. The Morgan fingerprint density at radius 3 is 2.57 bits per heavy atom. The minimum atomic E-state index is -0.129. The number of hydrogen-bond acceptors (Lipinski definition) is 2. The maximum atomic E-state index is 11.1. The molecule has 0 saturated heterocycles. The van der Waals surface area contributed by atoms with Gasteiger partial charge in [0.1, 0.15) is 0 Å². The first kappa shape index (κ1) is 11.2.